The Bertz CT molecular complexity index is 248. The number of carbonyl (C=O) groups excluding carboxylic acids is 1. The number of benzene rings is 1. The van der Waals surface area contributed by atoms with Crippen LogP contribution in [0.2, 0.25) is 0 Å². The van der Waals surface area contributed by atoms with E-state index in [1.807, 2.05) is 0 Å². The Labute approximate surface area is 63.8 Å². The average molecular weight is 152 g/mol. The zero-order valence-electron chi connectivity index (χ0n) is 5.75. The summed E-state index contributed by atoms with van der Waals surface area (Å²) in [6.07, 6.45) is -0.898. The molecule has 1 rings (SSSR count). The highest BCUT2D eigenvalue weighted by Gasteiger charge is 2.16. The fraction of sp³-hybridized carbons (Fsp3) is 0. The topological polar surface area (TPSA) is 43.1 Å². The summed E-state index contributed by atoms with van der Waals surface area (Å²) in [5, 5.41) is 0. The van der Waals surface area contributed by atoms with E-state index in [1.54, 1.807) is 18.2 Å². The van der Waals surface area contributed by atoms with E-state index in [1.165, 1.54) is 12.1 Å². The number of carbonyl (C=O) groups is 1. The lowest BCUT2D eigenvalue weighted by Gasteiger charge is -1.99. The van der Waals surface area contributed by atoms with Crippen molar-refractivity contribution < 1.29 is 9.18 Å². The van der Waals surface area contributed by atoms with Gasteiger partial charge >= 0.3 is 0 Å². The average Bonchev–Trinajstić information content (AvgIpc) is 2.05. The van der Waals surface area contributed by atoms with Crippen LogP contribution in [0, 0.1) is 6.17 Å². The van der Waals surface area contributed by atoms with Crippen LogP contribution in [-0.2, 0) is 4.79 Å². The molecule has 0 fully saturated rings. The number of hydrogen-bond acceptors (Lipinski definition) is 1. The molecule has 2 N–H and O–H groups in total. The Kier molecular flexibility index (Phi) is 2.21. The van der Waals surface area contributed by atoms with E-state index in [9.17, 15) is 9.18 Å². The van der Waals surface area contributed by atoms with Gasteiger partial charge in [-0.05, 0) is 0 Å². The highest BCUT2D eigenvalue weighted by Crippen LogP contribution is 2.13. The lowest BCUT2D eigenvalue weighted by atomic mass is 10.1. The number of amides is 1. The molecule has 0 atom stereocenters. The van der Waals surface area contributed by atoms with Crippen molar-refractivity contribution in [3.8, 4) is 0 Å². The van der Waals surface area contributed by atoms with Crippen LogP contribution in [0.5, 0.6) is 0 Å². The van der Waals surface area contributed by atoms with E-state index in [0.717, 1.165) is 0 Å². The second-order valence-electron chi connectivity index (χ2n) is 2.04. The van der Waals surface area contributed by atoms with E-state index in [0.29, 0.717) is 0 Å². The van der Waals surface area contributed by atoms with E-state index >= 15 is 0 Å². The molecule has 2 nitrogen and oxygen atoms in total. The molecule has 0 aromatic heterocycles. The largest absolute Gasteiger partial charge is 0.366 e. The first kappa shape index (κ1) is 7.72. The number of nitrogens with two attached hydrogens (primary N) is 1. The Balaban J connectivity index is 2.85. The van der Waals surface area contributed by atoms with Gasteiger partial charge in [-0.2, -0.15) is 0 Å². The zero-order valence-corrected chi connectivity index (χ0v) is 5.75. The molecule has 0 saturated carbocycles. The van der Waals surface area contributed by atoms with Gasteiger partial charge in [0.05, 0.1) is 0 Å². The minimum atomic E-state index is -1.03. The Hall–Kier alpha value is -1.38. The summed E-state index contributed by atoms with van der Waals surface area (Å²) < 4.78 is 12.7. The van der Waals surface area contributed by atoms with Gasteiger partial charge in [-0.1, -0.05) is 30.3 Å². The minimum absolute atomic E-state index is 0.222. The molecule has 1 aromatic carbocycles. The second kappa shape index (κ2) is 3.14. The molecule has 0 unspecified atom stereocenters. The smallest absolute Gasteiger partial charge is 0.264 e. The third-order valence-corrected chi connectivity index (χ3v) is 1.24. The van der Waals surface area contributed by atoms with Gasteiger partial charge < -0.3 is 5.73 Å². The number of halogens is 1. The van der Waals surface area contributed by atoms with Gasteiger partial charge in [0.15, 0.2) is 0 Å². The molecule has 3 heteroatoms. The summed E-state index contributed by atoms with van der Waals surface area (Å²) in [6, 6.07) is 7.98. The quantitative estimate of drug-likeness (QED) is 0.675. The molecule has 1 amide bonds. The molecule has 0 saturated heterocycles. The summed E-state index contributed by atoms with van der Waals surface area (Å²) in [6.45, 7) is 0. The molecular weight excluding hydrogens is 145 g/mol. The maximum Gasteiger partial charge on any atom is 0.264 e. The first-order valence-corrected chi connectivity index (χ1v) is 3.09. The zero-order chi connectivity index (χ0) is 8.27. The Morgan fingerprint density at radius 1 is 1.27 bits per heavy atom. The number of hydrogen-bond donors (Lipinski definition) is 1. The first-order valence-electron chi connectivity index (χ1n) is 3.09. The highest BCUT2D eigenvalue weighted by molar-refractivity contribution is 5.90. The van der Waals surface area contributed by atoms with E-state index < -0.39 is 12.1 Å². The van der Waals surface area contributed by atoms with Crippen molar-refractivity contribution in [1.82, 2.24) is 0 Å². The monoisotopic (exact) mass is 152 g/mol. The Morgan fingerprint density at radius 3 is 2.27 bits per heavy atom. The van der Waals surface area contributed by atoms with Crippen molar-refractivity contribution in [2.75, 3.05) is 0 Å². The molecule has 0 aliphatic carbocycles. The maximum atomic E-state index is 12.7. The predicted molar refractivity (Wildman–Crippen MR) is 39.1 cm³/mol. The molecule has 0 heterocycles. The van der Waals surface area contributed by atoms with E-state index in [2.05, 4.69) is 0 Å². The summed E-state index contributed by atoms with van der Waals surface area (Å²) in [4.78, 5) is 10.3. The van der Waals surface area contributed by atoms with Gasteiger partial charge in [-0.25, -0.2) is 4.39 Å². The van der Waals surface area contributed by atoms with Crippen LogP contribution >= 0.6 is 0 Å². The number of primary amides is 1. The molecule has 0 aliphatic heterocycles. The first-order chi connectivity index (χ1) is 5.22. The lowest BCUT2D eigenvalue weighted by Crippen LogP contribution is -2.18. The normalized spacial score (nSPS) is 10.0. The van der Waals surface area contributed by atoms with Gasteiger partial charge in [0.1, 0.15) is 0 Å². The van der Waals surface area contributed by atoms with Crippen LogP contribution in [0.25, 0.3) is 0 Å². The van der Waals surface area contributed by atoms with Crippen LogP contribution in [-0.4, -0.2) is 5.91 Å². The summed E-state index contributed by atoms with van der Waals surface area (Å²) >= 11 is 0. The van der Waals surface area contributed by atoms with Crippen LogP contribution < -0.4 is 5.73 Å². The third kappa shape index (κ3) is 1.77. The predicted octanol–water partition coefficient (Wildman–Crippen LogP) is 1.02. The van der Waals surface area contributed by atoms with Crippen LogP contribution in [0.1, 0.15) is 5.56 Å². The molecule has 1 aromatic rings. The standard InChI is InChI=1S/C8H7FNO/c9-7(8(10)11)6-4-2-1-3-5-6/h1-5H,(H2,10,11). The molecule has 0 spiro atoms. The van der Waals surface area contributed by atoms with Crippen molar-refractivity contribution >= 4 is 5.91 Å². The molecule has 1 radical (unpaired) electrons. The summed E-state index contributed by atoms with van der Waals surface area (Å²) in [5.74, 6) is -1.03. The van der Waals surface area contributed by atoms with Crippen molar-refractivity contribution in [2.24, 2.45) is 5.73 Å². The second-order valence-corrected chi connectivity index (χ2v) is 2.04. The number of rotatable bonds is 2. The summed E-state index contributed by atoms with van der Waals surface area (Å²) in [5.41, 5.74) is 4.94. The van der Waals surface area contributed by atoms with Crippen molar-refractivity contribution in [2.45, 2.75) is 0 Å². The lowest BCUT2D eigenvalue weighted by molar-refractivity contribution is -0.117. The fourth-order valence-corrected chi connectivity index (χ4v) is 0.727. The SMILES string of the molecule is NC(=O)[C](F)c1ccccc1. The molecule has 0 bridgehead atoms. The maximum absolute atomic E-state index is 12.7. The van der Waals surface area contributed by atoms with Gasteiger partial charge in [0.2, 0.25) is 0 Å². The van der Waals surface area contributed by atoms with Gasteiger partial charge in [0.25, 0.3) is 12.1 Å². The Morgan fingerprint density at radius 2 is 1.82 bits per heavy atom. The molecular formula is C8H7FNO. The van der Waals surface area contributed by atoms with Gasteiger partial charge in [-0.3, -0.25) is 4.79 Å². The minimum Gasteiger partial charge on any atom is -0.366 e. The van der Waals surface area contributed by atoms with Crippen LogP contribution in [0.15, 0.2) is 30.3 Å². The van der Waals surface area contributed by atoms with Crippen LogP contribution in [0.3, 0.4) is 0 Å². The van der Waals surface area contributed by atoms with Crippen LogP contribution in [0.4, 0.5) is 4.39 Å². The van der Waals surface area contributed by atoms with E-state index in [-0.39, 0.29) is 5.56 Å². The van der Waals surface area contributed by atoms with Gasteiger partial charge in [-0.15, -0.1) is 0 Å². The highest BCUT2D eigenvalue weighted by atomic mass is 19.1. The molecule has 0 aliphatic rings. The fourth-order valence-electron chi connectivity index (χ4n) is 0.727. The third-order valence-electron chi connectivity index (χ3n) is 1.24. The summed E-state index contributed by atoms with van der Waals surface area (Å²) in [7, 11) is 0. The van der Waals surface area contributed by atoms with Gasteiger partial charge in [0, 0.05) is 5.56 Å². The van der Waals surface area contributed by atoms with Crippen molar-refractivity contribution in [3.63, 3.8) is 0 Å². The van der Waals surface area contributed by atoms with Crippen molar-refractivity contribution in [1.29, 1.82) is 0 Å². The molecule has 57 valence electrons. The van der Waals surface area contributed by atoms with E-state index in [4.69, 9.17) is 5.73 Å². The molecule has 11 heavy (non-hydrogen) atoms. The van der Waals surface area contributed by atoms with Crippen molar-refractivity contribution in [3.05, 3.63) is 42.1 Å².